The van der Waals surface area contributed by atoms with Crippen molar-refractivity contribution >= 4 is 28.2 Å². The fourth-order valence-electron chi connectivity index (χ4n) is 5.17. The molecule has 6 rings (SSSR count). The summed E-state index contributed by atoms with van der Waals surface area (Å²) in [6.45, 7) is 4.03. The van der Waals surface area contributed by atoms with Crippen LogP contribution in [0.1, 0.15) is 21.6 Å². The van der Waals surface area contributed by atoms with Gasteiger partial charge in [-0.1, -0.05) is 60.7 Å². The first kappa shape index (κ1) is 21.5. The molecule has 176 valence electrons. The Kier molecular flexibility index (Phi) is 5.52. The number of hydrogen-bond donors (Lipinski definition) is 0. The first-order chi connectivity index (χ1) is 17.2. The van der Waals surface area contributed by atoms with Crippen molar-refractivity contribution in [3.8, 4) is 0 Å². The van der Waals surface area contributed by atoms with Crippen molar-refractivity contribution in [3.63, 3.8) is 0 Å². The van der Waals surface area contributed by atoms with Gasteiger partial charge in [0.15, 0.2) is 11.5 Å². The largest absolute Gasteiger partial charge is 0.366 e. The average Bonchev–Trinajstić information content (AvgIpc) is 2.92. The highest BCUT2D eigenvalue weighted by molar-refractivity contribution is 6.07. The number of anilines is 2. The summed E-state index contributed by atoms with van der Waals surface area (Å²) in [5, 5.41) is 10.7. The van der Waals surface area contributed by atoms with Crippen molar-refractivity contribution in [2.24, 2.45) is 0 Å². The molecule has 4 aromatic rings. The summed E-state index contributed by atoms with van der Waals surface area (Å²) >= 11 is 0. The average molecular weight is 468 g/mol. The van der Waals surface area contributed by atoms with Crippen LogP contribution in [0.15, 0.2) is 72.8 Å². The number of rotatable bonds is 3. The molecule has 0 aliphatic carbocycles. The van der Waals surface area contributed by atoms with Crippen molar-refractivity contribution in [1.82, 2.24) is 15.1 Å². The van der Waals surface area contributed by atoms with Crippen LogP contribution >= 0.6 is 0 Å². The fourth-order valence-corrected chi connectivity index (χ4v) is 5.17. The van der Waals surface area contributed by atoms with E-state index in [9.17, 15) is 9.18 Å². The maximum atomic E-state index is 14.2. The molecule has 2 aliphatic heterocycles. The molecule has 0 atom stereocenters. The van der Waals surface area contributed by atoms with Crippen LogP contribution in [-0.4, -0.2) is 53.7 Å². The molecule has 0 saturated carbocycles. The zero-order valence-corrected chi connectivity index (χ0v) is 19.4. The fraction of sp³-hybridized carbons (Fsp3) is 0.250. The van der Waals surface area contributed by atoms with Gasteiger partial charge in [-0.3, -0.25) is 4.79 Å². The summed E-state index contributed by atoms with van der Waals surface area (Å²) in [5.41, 5.74) is 3.52. The topological polar surface area (TPSA) is 52.6 Å². The third-order valence-corrected chi connectivity index (χ3v) is 7.06. The summed E-state index contributed by atoms with van der Waals surface area (Å²) in [6, 6.07) is 23.0. The summed E-state index contributed by atoms with van der Waals surface area (Å²) in [7, 11) is 0. The number of benzene rings is 3. The third-order valence-electron chi connectivity index (χ3n) is 7.06. The Balaban J connectivity index is 1.26. The molecule has 0 bridgehead atoms. The molecular formula is C28H26FN5O. The van der Waals surface area contributed by atoms with Crippen LogP contribution in [-0.2, 0) is 13.0 Å². The minimum absolute atomic E-state index is 0.0841. The number of fused-ring (bicyclic) bond motifs is 2. The molecule has 35 heavy (non-hydrogen) atoms. The number of aromatic nitrogens is 2. The molecule has 1 amide bonds. The van der Waals surface area contributed by atoms with E-state index in [4.69, 9.17) is 0 Å². The van der Waals surface area contributed by atoms with Crippen molar-refractivity contribution in [3.05, 3.63) is 95.4 Å². The Morgan fingerprint density at radius 1 is 0.714 bits per heavy atom. The molecule has 0 unspecified atom stereocenters. The van der Waals surface area contributed by atoms with E-state index in [-0.39, 0.29) is 11.7 Å². The molecule has 0 N–H and O–H groups in total. The van der Waals surface area contributed by atoms with Gasteiger partial charge in [0.2, 0.25) is 0 Å². The second-order valence-corrected chi connectivity index (χ2v) is 9.09. The summed E-state index contributed by atoms with van der Waals surface area (Å²) < 4.78 is 14.2. The molecule has 7 heteroatoms. The normalized spacial score (nSPS) is 15.9. The smallest absolute Gasteiger partial charge is 0.275 e. The minimum Gasteiger partial charge on any atom is -0.366 e. The quantitative estimate of drug-likeness (QED) is 0.450. The number of carbonyl (C=O) groups excluding carboxylic acids is 1. The molecule has 0 spiro atoms. The van der Waals surface area contributed by atoms with E-state index >= 15 is 0 Å². The Labute approximate surface area is 203 Å². The van der Waals surface area contributed by atoms with Crippen molar-refractivity contribution in [2.45, 2.75) is 13.0 Å². The number of hydrogen-bond acceptors (Lipinski definition) is 5. The Morgan fingerprint density at radius 3 is 2.17 bits per heavy atom. The molecule has 2 aliphatic rings. The standard InChI is InChI=1S/C28H26FN5O/c29-24-11-5-6-12-25(24)32-15-17-33(18-16-32)27-23-10-4-3-9-22(23)26(30-31-27)28(35)34-14-13-20-7-1-2-8-21(20)19-34/h1-12H,13-19H2. The van der Waals surface area contributed by atoms with E-state index < -0.39 is 0 Å². The van der Waals surface area contributed by atoms with E-state index in [0.717, 1.165) is 23.0 Å². The molecule has 6 nitrogen and oxygen atoms in total. The summed E-state index contributed by atoms with van der Waals surface area (Å²) in [5.74, 6) is 0.489. The van der Waals surface area contributed by atoms with E-state index in [1.165, 1.54) is 17.2 Å². The summed E-state index contributed by atoms with van der Waals surface area (Å²) in [4.78, 5) is 19.6. The van der Waals surface area contributed by atoms with Crippen LogP contribution in [0.25, 0.3) is 10.8 Å². The van der Waals surface area contributed by atoms with E-state index in [1.807, 2.05) is 53.4 Å². The predicted molar refractivity (Wildman–Crippen MR) is 135 cm³/mol. The number of halogens is 1. The third kappa shape index (κ3) is 3.97. The van der Waals surface area contributed by atoms with Gasteiger partial charge in [0, 0.05) is 50.0 Å². The van der Waals surface area contributed by atoms with Gasteiger partial charge in [0.1, 0.15) is 5.82 Å². The maximum Gasteiger partial charge on any atom is 0.275 e. The highest BCUT2D eigenvalue weighted by atomic mass is 19.1. The van der Waals surface area contributed by atoms with Crippen molar-refractivity contribution in [2.75, 3.05) is 42.5 Å². The summed E-state index contributed by atoms with van der Waals surface area (Å²) in [6.07, 6.45) is 0.845. The molecule has 1 fully saturated rings. The van der Waals surface area contributed by atoms with Crippen molar-refractivity contribution < 1.29 is 9.18 Å². The highest BCUT2D eigenvalue weighted by Gasteiger charge is 2.27. The lowest BCUT2D eigenvalue weighted by molar-refractivity contribution is 0.0730. The Morgan fingerprint density at radius 2 is 1.37 bits per heavy atom. The van der Waals surface area contributed by atoms with Crippen LogP contribution in [0, 0.1) is 5.82 Å². The lowest BCUT2D eigenvalue weighted by Crippen LogP contribution is -2.47. The highest BCUT2D eigenvalue weighted by Crippen LogP contribution is 2.29. The van der Waals surface area contributed by atoms with Gasteiger partial charge in [0.05, 0.1) is 5.69 Å². The van der Waals surface area contributed by atoms with Gasteiger partial charge in [0.25, 0.3) is 5.91 Å². The maximum absolute atomic E-state index is 14.2. The zero-order chi connectivity index (χ0) is 23.8. The molecule has 1 aromatic heterocycles. The number of amides is 1. The zero-order valence-electron chi connectivity index (χ0n) is 19.4. The molecule has 3 heterocycles. The SMILES string of the molecule is O=C(c1nnc(N2CCN(c3ccccc3F)CC2)c2ccccc12)N1CCc2ccccc2C1. The van der Waals surface area contributed by atoms with E-state index in [0.29, 0.717) is 50.6 Å². The number of nitrogens with zero attached hydrogens (tertiary/aromatic N) is 5. The Hall–Kier alpha value is -4.00. The number of carbonyl (C=O) groups is 1. The van der Waals surface area contributed by atoms with Crippen LogP contribution in [0.5, 0.6) is 0 Å². The second-order valence-electron chi connectivity index (χ2n) is 9.09. The van der Waals surface area contributed by atoms with Gasteiger partial charge in [-0.15, -0.1) is 10.2 Å². The lowest BCUT2D eigenvalue weighted by atomic mass is 9.99. The predicted octanol–water partition coefficient (Wildman–Crippen LogP) is 4.29. The molecular weight excluding hydrogens is 441 g/mol. The lowest BCUT2D eigenvalue weighted by Gasteiger charge is -2.37. The molecule has 0 radical (unpaired) electrons. The first-order valence-electron chi connectivity index (χ1n) is 12.0. The molecule has 1 saturated heterocycles. The van der Waals surface area contributed by atoms with Crippen LogP contribution in [0.2, 0.25) is 0 Å². The van der Waals surface area contributed by atoms with Crippen molar-refractivity contribution in [1.29, 1.82) is 0 Å². The number of para-hydroxylation sites is 1. The van der Waals surface area contributed by atoms with Gasteiger partial charge in [-0.2, -0.15) is 0 Å². The first-order valence-corrected chi connectivity index (χ1v) is 12.0. The van der Waals surface area contributed by atoms with Gasteiger partial charge in [-0.05, 0) is 29.7 Å². The van der Waals surface area contributed by atoms with Gasteiger partial charge < -0.3 is 14.7 Å². The van der Waals surface area contributed by atoms with E-state index in [2.05, 4.69) is 32.1 Å². The van der Waals surface area contributed by atoms with Gasteiger partial charge >= 0.3 is 0 Å². The van der Waals surface area contributed by atoms with Crippen LogP contribution in [0.3, 0.4) is 0 Å². The van der Waals surface area contributed by atoms with Gasteiger partial charge in [-0.25, -0.2) is 4.39 Å². The number of piperazine rings is 1. The second kappa shape index (κ2) is 8.98. The molecule has 3 aromatic carbocycles. The Bertz CT molecular complexity index is 1400. The van der Waals surface area contributed by atoms with E-state index in [1.54, 1.807) is 6.07 Å². The van der Waals surface area contributed by atoms with Crippen LogP contribution < -0.4 is 9.80 Å². The minimum atomic E-state index is -0.200. The van der Waals surface area contributed by atoms with Crippen LogP contribution in [0.4, 0.5) is 15.9 Å². The monoisotopic (exact) mass is 467 g/mol.